The predicted molar refractivity (Wildman–Crippen MR) is 150 cm³/mol. The van der Waals surface area contributed by atoms with Gasteiger partial charge in [-0.3, -0.25) is 15.0 Å². The number of amidine groups is 1. The molecule has 41 heavy (non-hydrogen) atoms. The van der Waals surface area contributed by atoms with Crippen LogP contribution in [0.1, 0.15) is 35.3 Å². The molecule has 3 rings (SSSR count). The van der Waals surface area contributed by atoms with Crippen molar-refractivity contribution in [2.24, 2.45) is 5.73 Å². The SMILES string of the molecule is CCOC(C(=O)NCC(=O)OCc1ccc(C(=N)N)cc1NC(=O)NCc1ccccc1)c1ccc(OC)cc1F. The predicted octanol–water partition coefficient (Wildman–Crippen LogP) is 3.38. The molecule has 12 heteroatoms. The van der Waals surface area contributed by atoms with Gasteiger partial charge in [0.15, 0.2) is 6.10 Å². The lowest BCUT2D eigenvalue weighted by molar-refractivity contribution is -0.146. The first-order valence-corrected chi connectivity index (χ1v) is 12.7. The molecule has 3 aromatic carbocycles. The van der Waals surface area contributed by atoms with Gasteiger partial charge in [-0.05, 0) is 30.7 Å². The molecular weight excluding hydrogens is 533 g/mol. The summed E-state index contributed by atoms with van der Waals surface area (Å²) in [7, 11) is 1.39. The van der Waals surface area contributed by atoms with Crippen LogP contribution in [0.4, 0.5) is 14.9 Å². The molecule has 3 aromatic rings. The number of ether oxygens (including phenoxy) is 3. The standard InChI is InChI=1S/C29H32FN5O6/c1-3-40-26(22-12-11-21(39-2)14-23(22)30)28(37)33-16-25(36)41-17-20-10-9-19(27(31)32)13-24(20)35-29(38)34-15-18-7-5-4-6-8-18/h4-14,26H,3,15-17H2,1-2H3,(H3,31,32)(H,33,37)(H2,34,35,38). The third-order valence-electron chi connectivity index (χ3n) is 5.82. The Morgan fingerprint density at radius 2 is 1.78 bits per heavy atom. The van der Waals surface area contributed by atoms with Gasteiger partial charge in [0, 0.05) is 41.6 Å². The molecule has 0 fully saturated rings. The number of benzene rings is 3. The number of amides is 3. The fraction of sp³-hybridized carbons (Fsp3) is 0.241. The summed E-state index contributed by atoms with van der Waals surface area (Å²) in [4.78, 5) is 37.7. The summed E-state index contributed by atoms with van der Waals surface area (Å²) in [6, 6.07) is 17.4. The summed E-state index contributed by atoms with van der Waals surface area (Å²) >= 11 is 0. The van der Waals surface area contributed by atoms with Crippen LogP contribution in [0.25, 0.3) is 0 Å². The first-order valence-electron chi connectivity index (χ1n) is 12.7. The van der Waals surface area contributed by atoms with E-state index in [1.807, 2.05) is 30.3 Å². The molecule has 1 unspecified atom stereocenters. The largest absolute Gasteiger partial charge is 0.497 e. The average molecular weight is 566 g/mol. The third-order valence-corrected chi connectivity index (χ3v) is 5.82. The van der Waals surface area contributed by atoms with Crippen LogP contribution in [0.5, 0.6) is 5.75 Å². The molecule has 0 saturated heterocycles. The van der Waals surface area contributed by atoms with Gasteiger partial charge in [-0.15, -0.1) is 0 Å². The molecule has 0 aliphatic heterocycles. The van der Waals surface area contributed by atoms with Gasteiger partial charge in [-0.1, -0.05) is 42.5 Å². The van der Waals surface area contributed by atoms with Crippen molar-refractivity contribution in [1.29, 1.82) is 5.41 Å². The Hall–Kier alpha value is -4.97. The number of hydrogen-bond donors (Lipinski definition) is 5. The normalized spacial score (nSPS) is 11.2. The summed E-state index contributed by atoms with van der Waals surface area (Å²) in [5.74, 6) is -2.12. The lowest BCUT2D eigenvalue weighted by Gasteiger charge is -2.18. The van der Waals surface area contributed by atoms with Gasteiger partial charge in [0.05, 0.1) is 7.11 Å². The number of nitrogens with one attached hydrogen (secondary N) is 4. The van der Waals surface area contributed by atoms with Crippen LogP contribution >= 0.6 is 0 Å². The van der Waals surface area contributed by atoms with Crippen molar-refractivity contribution in [1.82, 2.24) is 10.6 Å². The summed E-state index contributed by atoms with van der Waals surface area (Å²) in [5, 5.41) is 15.5. The number of urea groups is 1. The minimum absolute atomic E-state index is 0.00895. The highest BCUT2D eigenvalue weighted by Crippen LogP contribution is 2.25. The number of rotatable bonds is 13. The molecule has 3 amide bonds. The van der Waals surface area contributed by atoms with Crippen LogP contribution in [-0.4, -0.2) is 44.0 Å². The minimum atomic E-state index is -1.29. The van der Waals surface area contributed by atoms with Crippen molar-refractivity contribution in [3.63, 3.8) is 0 Å². The smallest absolute Gasteiger partial charge is 0.325 e. The molecule has 216 valence electrons. The second-order valence-electron chi connectivity index (χ2n) is 8.68. The van der Waals surface area contributed by atoms with Crippen LogP contribution in [-0.2, 0) is 32.2 Å². The molecule has 0 aromatic heterocycles. The maximum Gasteiger partial charge on any atom is 0.325 e. The van der Waals surface area contributed by atoms with Crippen molar-refractivity contribution in [3.05, 3.63) is 94.8 Å². The highest BCUT2D eigenvalue weighted by atomic mass is 19.1. The van der Waals surface area contributed by atoms with E-state index in [2.05, 4.69) is 16.0 Å². The Labute approximate surface area is 236 Å². The summed E-state index contributed by atoms with van der Waals surface area (Å²) < 4.78 is 30.2. The zero-order valence-electron chi connectivity index (χ0n) is 22.7. The Bertz CT molecular complexity index is 1390. The van der Waals surface area contributed by atoms with Gasteiger partial charge in [0.1, 0.15) is 30.6 Å². The number of carbonyl (C=O) groups excluding carboxylic acids is 3. The van der Waals surface area contributed by atoms with E-state index in [1.54, 1.807) is 19.1 Å². The van der Waals surface area contributed by atoms with Crippen molar-refractivity contribution in [2.75, 3.05) is 25.6 Å². The summed E-state index contributed by atoms with van der Waals surface area (Å²) in [6.07, 6.45) is -1.29. The number of halogens is 1. The lowest BCUT2D eigenvalue weighted by atomic mass is 10.1. The van der Waals surface area contributed by atoms with Gasteiger partial charge < -0.3 is 35.9 Å². The lowest BCUT2D eigenvalue weighted by Crippen LogP contribution is -2.35. The number of anilines is 1. The van der Waals surface area contributed by atoms with Crippen LogP contribution < -0.4 is 26.4 Å². The van der Waals surface area contributed by atoms with Crippen LogP contribution in [0.2, 0.25) is 0 Å². The summed E-state index contributed by atoms with van der Waals surface area (Å²) in [5.41, 5.74) is 7.55. The van der Waals surface area contributed by atoms with Crippen molar-refractivity contribution < 1.29 is 33.0 Å². The molecule has 6 N–H and O–H groups in total. The van der Waals surface area contributed by atoms with Gasteiger partial charge >= 0.3 is 12.0 Å². The first-order chi connectivity index (χ1) is 19.7. The maximum absolute atomic E-state index is 14.5. The van der Waals surface area contributed by atoms with E-state index >= 15 is 0 Å². The number of nitrogen functional groups attached to an aromatic ring is 1. The Morgan fingerprint density at radius 1 is 1.02 bits per heavy atom. The first kappa shape index (κ1) is 30.6. The number of nitrogens with two attached hydrogens (primary N) is 1. The number of esters is 1. The zero-order valence-corrected chi connectivity index (χ0v) is 22.7. The van der Waals surface area contributed by atoms with Crippen molar-refractivity contribution in [3.8, 4) is 5.75 Å². The molecular formula is C29H32FN5O6. The van der Waals surface area contributed by atoms with E-state index in [-0.39, 0.29) is 42.6 Å². The van der Waals surface area contributed by atoms with Gasteiger partial charge in [0.25, 0.3) is 5.91 Å². The number of methoxy groups -OCH3 is 1. The highest BCUT2D eigenvalue weighted by molar-refractivity contribution is 5.98. The fourth-order valence-electron chi connectivity index (χ4n) is 3.71. The molecule has 0 bridgehead atoms. The maximum atomic E-state index is 14.5. The number of carbonyl (C=O) groups is 3. The van der Waals surface area contributed by atoms with Gasteiger partial charge in [0.2, 0.25) is 0 Å². The zero-order chi connectivity index (χ0) is 29.8. The van der Waals surface area contributed by atoms with Gasteiger partial charge in [-0.25, -0.2) is 9.18 Å². The average Bonchev–Trinajstić information content (AvgIpc) is 2.97. The van der Waals surface area contributed by atoms with E-state index in [1.165, 1.54) is 25.3 Å². The molecule has 0 aliphatic rings. The van der Waals surface area contributed by atoms with Gasteiger partial charge in [-0.2, -0.15) is 0 Å². The van der Waals surface area contributed by atoms with Crippen LogP contribution in [0.15, 0.2) is 66.7 Å². The molecule has 11 nitrogen and oxygen atoms in total. The Balaban J connectivity index is 1.60. The van der Waals surface area contributed by atoms with E-state index in [0.717, 1.165) is 11.6 Å². The Morgan fingerprint density at radius 3 is 2.44 bits per heavy atom. The molecule has 0 radical (unpaired) electrons. The van der Waals surface area contributed by atoms with E-state index < -0.39 is 36.4 Å². The van der Waals surface area contributed by atoms with E-state index in [4.69, 9.17) is 25.4 Å². The second-order valence-corrected chi connectivity index (χ2v) is 8.68. The molecule has 1 atom stereocenters. The molecule has 0 saturated carbocycles. The fourth-order valence-corrected chi connectivity index (χ4v) is 3.71. The monoisotopic (exact) mass is 565 g/mol. The van der Waals surface area contributed by atoms with Crippen LogP contribution in [0.3, 0.4) is 0 Å². The third kappa shape index (κ3) is 9.04. The van der Waals surface area contributed by atoms with E-state index in [9.17, 15) is 18.8 Å². The molecule has 0 spiro atoms. The van der Waals surface area contributed by atoms with Crippen molar-refractivity contribution in [2.45, 2.75) is 26.2 Å². The number of hydrogen-bond acceptors (Lipinski definition) is 7. The molecule has 0 aliphatic carbocycles. The van der Waals surface area contributed by atoms with Crippen LogP contribution in [0, 0.1) is 11.2 Å². The quantitative estimate of drug-likeness (QED) is 0.120. The Kier molecular flexibility index (Phi) is 11.2. The summed E-state index contributed by atoms with van der Waals surface area (Å²) in [6.45, 7) is 1.31. The van der Waals surface area contributed by atoms with E-state index in [0.29, 0.717) is 11.1 Å². The highest BCUT2D eigenvalue weighted by Gasteiger charge is 2.25. The topological polar surface area (TPSA) is 165 Å². The van der Waals surface area contributed by atoms with Crippen molar-refractivity contribution >= 4 is 29.4 Å². The minimum Gasteiger partial charge on any atom is -0.497 e. The molecule has 0 heterocycles. The second kappa shape index (κ2) is 15.0.